The molecule has 2 N–H and O–H groups in total. The van der Waals surface area contributed by atoms with Crippen LogP contribution >= 0.6 is 0 Å². The summed E-state index contributed by atoms with van der Waals surface area (Å²) in [4.78, 5) is 26.1. The van der Waals surface area contributed by atoms with Gasteiger partial charge in [-0.1, -0.05) is 30.3 Å². The summed E-state index contributed by atoms with van der Waals surface area (Å²) in [6.45, 7) is 3.23. The second-order valence-corrected chi connectivity index (χ2v) is 5.50. The Hall–Kier alpha value is -2.14. The molecule has 0 bridgehead atoms. The van der Waals surface area contributed by atoms with Gasteiger partial charge in [0.25, 0.3) is 5.91 Å². The molecule has 1 aromatic rings. The molecule has 2 aliphatic heterocycles. The number of carbonyl (C=O) groups excluding carboxylic acids is 2. The number of quaternary nitrogens is 1. The normalized spacial score (nSPS) is 21.9. The van der Waals surface area contributed by atoms with Crippen LogP contribution in [0.5, 0.6) is 0 Å². The third kappa shape index (κ3) is 3.13. The van der Waals surface area contributed by atoms with Crippen molar-refractivity contribution in [3.8, 4) is 0 Å². The Bertz CT molecular complexity index is 568. The average molecular weight is 286 g/mol. The molecule has 2 heterocycles. The second-order valence-electron chi connectivity index (χ2n) is 5.50. The second kappa shape index (κ2) is 6.10. The maximum Gasteiger partial charge on any atom is 0.324 e. The Balaban J connectivity index is 1.57. The number of benzene rings is 1. The lowest BCUT2D eigenvalue weighted by atomic mass is 10.00. The van der Waals surface area contributed by atoms with Crippen molar-refractivity contribution in [1.82, 2.24) is 10.2 Å². The van der Waals surface area contributed by atoms with Gasteiger partial charge in [0.05, 0.1) is 13.1 Å². The predicted molar refractivity (Wildman–Crippen MR) is 79.7 cm³/mol. The molecule has 0 aliphatic carbocycles. The number of amides is 3. The van der Waals surface area contributed by atoms with Crippen LogP contribution in [0.2, 0.25) is 0 Å². The first kappa shape index (κ1) is 13.8. The van der Waals surface area contributed by atoms with Crippen molar-refractivity contribution in [2.75, 3.05) is 32.7 Å². The molecule has 1 atom stereocenters. The molecule has 1 aromatic carbocycles. The summed E-state index contributed by atoms with van der Waals surface area (Å²) in [5, 5.41) is 2.66. The lowest BCUT2D eigenvalue weighted by Crippen LogP contribution is -3.13. The average Bonchev–Trinajstić information content (AvgIpc) is 2.95. The van der Waals surface area contributed by atoms with Crippen LogP contribution in [0, 0.1) is 0 Å². The van der Waals surface area contributed by atoms with E-state index in [2.05, 4.69) is 23.5 Å². The number of hydrogen-bond donors (Lipinski definition) is 2. The van der Waals surface area contributed by atoms with E-state index in [0.717, 1.165) is 19.5 Å². The maximum absolute atomic E-state index is 12.1. The van der Waals surface area contributed by atoms with Crippen molar-refractivity contribution < 1.29 is 14.5 Å². The monoisotopic (exact) mass is 286 g/mol. The molecule has 2 aliphatic rings. The molecule has 0 radical (unpaired) electrons. The van der Waals surface area contributed by atoms with Gasteiger partial charge in [-0.25, -0.2) is 4.79 Å². The molecule has 110 valence electrons. The SMILES string of the molecule is O=C(C[NH+]1CC=C(c2ccccc2)CC1)N1CCNC1=O. The summed E-state index contributed by atoms with van der Waals surface area (Å²) in [5.74, 6) is -0.0726. The molecule has 0 spiro atoms. The van der Waals surface area contributed by atoms with Gasteiger partial charge in [-0.3, -0.25) is 9.69 Å². The van der Waals surface area contributed by atoms with Gasteiger partial charge < -0.3 is 10.2 Å². The first-order chi connectivity index (χ1) is 10.2. The first-order valence-corrected chi connectivity index (χ1v) is 7.40. The number of carbonyl (C=O) groups is 2. The van der Waals surface area contributed by atoms with Gasteiger partial charge in [-0.2, -0.15) is 0 Å². The fourth-order valence-corrected chi connectivity index (χ4v) is 2.88. The van der Waals surface area contributed by atoms with E-state index in [0.29, 0.717) is 19.6 Å². The number of hydrogen-bond acceptors (Lipinski definition) is 2. The summed E-state index contributed by atoms with van der Waals surface area (Å²) in [6, 6.07) is 10.1. The van der Waals surface area contributed by atoms with E-state index in [1.807, 2.05) is 18.2 Å². The molecule has 21 heavy (non-hydrogen) atoms. The molecule has 3 amide bonds. The van der Waals surface area contributed by atoms with Gasteiger partial charge in [0.15, 0.2) is 6.54 Å². The summed E-state index contributed by atoms with van der Waals surface area (Å²) >= 11 is 0. The standard InChI is InChI=1S/C16H19N3O2/c20-15(19-11-8-17-16(19)21)12-18-9-6-14(7-10-18)13-4-2-1-3-5-13/h1-6H,7-12H2,(H,17,21)/p+1. The van der Waals surface area contributed by atoms with Crippen molar-refractivity contribution in [3.05, 3.63) is 42.0 Å². The number of imide groups is 1. The highest BCUT2D eigenvalue weighted by atomic mass is 16.2. The van der Waals surface area contributed by atoms with Gasteiger partial charge in [0.2, 0.25) is 0 Å². The van der Waals surface area contributed by atoms with E-state index in [1.165, 1.54) is 20.9 Å². The van der Waals surface area contributed by atoms with Crippen molar-refractivity contribution in [1.29, 1.82) is 0 Å². The van der Waals surface area contributed by atoms with Gasteiger partial charge in [0, 0.05) is 19.5 Å². The van der Waals surface area contributed by atoms with Gasteiger partial charge in [-0.05, 0) is 17.2 Å². The van der Waals surface area contributed by atoms with Crippen LogP contribution in [0.1, 0.15) is 12.0 Å². The molecule has 1 saturated heterocycles. The number of nitrogens with one attached hydrogen (secondary N) is 2. The molecule has 5 heteroatoms. The van der Waals surface area contributed by atoms with Gasteiger partial charge in [-0.15, -0.1) is 0 Å². The number of rotatable bonds is 3. The lowest BCUT2D eigenvalue weighted by Gasteiger charge is -2.24. The Labute approximate surface area is 124 Å². The zero-order valence-corrected chi connectivity index (χ0v) is 12.0. The smallest absolute Gasteiger partial charge is 0.324 e. The fourth-order valence-electron chi connectivity index (χ4n) is 2.88. The van der Waals surface area contributed by atoms with E-state index in [4.69, 9.17) is 0 Å². The van der Waals surface area contributed by atoms with E-state index in [1.54, 1.807) is 0 Å². The topological polar surface area (TPSA) is 53.9 Å². The fraction of sp³-hybridized carbons (Fsp3) is 0.375. The Morgan fingerprint density at radius 3 is 2.71 bits per heavy atom. The molecular weight excluding hydrogens is 266 g/mol. The minimum Gasteiger partial charge on any atom is -0.336 e. The maximum atomic E-state index is 12.1. The summed E-state index contributed by atoms with van der Waals surface area (Å²) in [7, 11) is 0. The Kier molecular flexibility index (Phi) is 4.01. The number of urea groups is 1. The Morgan fingerprint density at radius 2 is 2.10 bits per heavy atom. The summed E-state index contributed by atoms with van der Waals surface area (Å²) in [6.07, 6.45) is 3.18. The summed E-state index contributed by atoms with van der Waals surface area (Å²) in [5.41, 5.74) is 2.62. The third-order valence-corrected chi connectivity index (χ3v) is 4.09. The van der Waals surface area contributed by atoms with Crippen molar-refractivity contribution >= 4 is 17.5 Å². The van der Waals surface area contributed by atoms with Gasteiger partial charge in [0.1, 0.15) is 0 Å². The highest BCUT2D eigenvalue weighted by Gasteiger charge is 2.29. The molecule has 1 fully saturated rings. The van der Waals surface area contributed by atoms with Crippen LogP contribution in [0.25, 0.3) is 5.57 Å². The molecule has 0 saturated carbocycles. The molecular formula is C16H20N3O2+. The highest BCUT2D eigenvalue weighted by molar-refractivity contribution is 5.96. The van der Waals surface area contributed by atoms with Crippen LogP contribution < -0.4 is 10.2 Å². The minimum atomic E-state index is -0.253. The number of nitrogens with zero attached hydrogens (tertiary/aromatic N) is 1. The molecule has 3 rings (SSSR count). The van der Waals surface area contributed by atoms with Crippen molar-refractivity contribution in [2.45, 2.75) is 6.42 Å². The lowest BCUT2D eigenvalue weighted by molar-refractivity contribution is -0.887. The van der Waals surface area contributed by atoms with E-state index in [-0.39, 0.29) is 11.9 Å². The largest absolute Gasteiger partial charge is 0.336 e. The predicted octanol–water partition coefficient (Wildman–Crippen LogP) is -0.0896. The molecule has 1 unspecified atom stereocenters. The van der Waals surface area contributed by atoms with Crippen molar-refractivity contribution in [2.24, 2.45) is 0 Å². The van der Waals surface area contributed by atoms with E-state index < -0.39 is 0 Å². The van der Waals surface area contributed by atoms with Crippen LogP contribution in [-0.4, -0.2) is 49.6 Å². The van der Waals surface area contributed by atoms with Gasteiger partial charge >= 0.3 is 6.03 Å². The van der Waals surface area contributed by atoms with E-state index in [9.17, 15) is 9.59 Å². The van der Waals surface area contributed by atoms with Crippen LogP contribution in [0.3, 0.4) is 0 Å². The zero-order chi connectivity index (χ0) is 14.7. The van der Waals surface area contributed by atoms with E-state index >= 15 is 0 Å². The summed E-state index contributed by atoms with van der Waals surface area (Å²) < 4.78 is 0. The van der Waals surface area contributed by atoms with Crippen LogP contribution in [-0.2, 0) is 4.79 Å². The highest BCUT2D eigenvalue weighted by Crippen LogP contribution is 2.17. The zero-order valence-electron chi connectivity index (χ0n) is 12.0. The third-order valence-electron chi connectivity index (χ3n) is 4.09. The van der Waals surface area contributed by atoms with Crippen molar-refractivity contribution in [3.63, 3.8) is 0 Å². The van der Waals surface area contributed by atoms with Crippen LogP contribution in [0.15, 0.2) is 36.4 Å². The minimum absolute atomic E-state index is 0.0726. The molecule has 0 aromatic heterocycles. The quantitative estimate of drug-likeness (QED) is 0.816. The first-order valence-electron chi connectivity index (χ1n) is 7.40. The Morgan fingerprint density at radius 1 is 1.29 bits per heavy atom. The molecule has 5 nitrogen and oxygen atoms in total. The van der Waals surface area contributed by atoms with Crippen LogP contribution in [0.4, 0.5) is 4.79 Å².